The number of Topliss-reactive ketones (excluding diaryl/α,β-unsaturated/α-hetero) is 1. The second-order valence-electron chi connectivity index (χ2n) is 7.08. The first-order valence-corrected chi connectivity index (χ1v) is 9.72. The Balaban J connectivity index is 2.01. The second kappa shape index (κ2) is 8.58. The van der Waals surface area contributed by atoms with Gasteiger partial charge in [0.1, 0.15) is 17.4 Å². The van der Waals surface area contributed by atoms with E-state index in [-0.39, 0.29) is 34.3 Å². The number of hydrogen-bond acceptors (Lipinski definition) is 6. The number of rotatable bonds is 5. The van der Waals surface area contributed by atoms with Crippen LogP contribution in [0.5, 0.6) is 0 Å². The number of carbonyl (C=O) groups excluding carboxylic acids is 1. The molecular weight excluding hydrogens is 406 g/mol. The summed E-state index contributed by atoms with van der Waals surface area (Å²) in [6.07, 6.45) is 0. The van der Waals surface area contributed by atoms with E-state index >= 15 is 0 Å². The minimum Gasteiger partial charge on any atom is -0.439 e. The largest absolute Gasteiger partial charge is 0.439 e. The molecular formula is C25H17N3O4. The third-order valence-electron chi connectivity index (χ3n) is 5.15. The zero-order valence-corrected chi connectivity index (χ0v) is 16.8. The van der Waals surface area contributed by atoms with Crippen LogP contribution >= 0.6 is 0 Å². The van der Waals surface area contributed by atoms with Gasteiger partial charge in [0.15, 0.2) is 5.78 Å². The molecule has 0 bridgehead atoms. The number of nitro groups is 1. The molecule has 3 aromatic carbocycles. The first-order valence-electron chi connectivity index (χ1n) is 9.72. The Kier molecular flexibility index (Phi) is 5.51. The molecule has 0 aliphatic carbocycles. The van der Waals surface area contributed by atoms with Gasteiger partial charge in [-0.25, -0.2) is 0 Å². The van der Waals surface area contributed by atoms with Crippen molar-refractivity contribution >= 4 is 17.2 Å². The topological polar surface area (TPSA) is 119 Å². The van der Waals surface area contributed by atoms with Crippen molar-refractivity contribution in [1.82, 2.24) is 0 Å². The number of nitriles is 1. The molecule has 7 heteroatoms. The van der Waals surface area contributed by atoms with Crippen LogP contribution < -0.4 is 5.73 Å². The van der Waals surface area contributed by atoms with E-state index in [1.165, 1.54) is 18.2 Å². The highest BCUT2D eigenvalue weighted by Crippen LogP contribution is 2.44. The third-order valence-corrected chi connectivity index (χ3v) is 5.15. The van der Waals surface area contributed by atoms with Crippen LogP contribution in [0.2, 0.25) is 0 Å². The number of carbonyl (C=O) groups is 1. The Labute approximate surface area is 183 Å². The van der Waals surface area contributed by atoms with Crippen LogP contribution in [0.25, 0.3) is 5.76 Å². The first kappa shape index (κ1) is 20.6. The summed E-state index contributed by atoms with van der Waals surface area (Å²) in [4.78, 5) is 24.6. The van der Waals surface area contributed by atoms with Crippen molar-refractivity contribution in [3.05, 3.63) is 129 Å². The molecule has 0 radical (unpaired) electrons. The molecule has 0 amide bonds. The number of nitrogens with two attached hydrogens (primary N) is 1. The number of ether oxygens (including phenoxy) is 1. The molecule has 7 nitrogen and oxygen atoms in total. The Bertz CT molecular complexity index is 1310. The number of nitrogens with zero attached hydrogens (tertiary/aromatic N) is 2. The minimum atomic E-state index is -0.934. The number of nitro benzene ring substituents is 1. The van der Waals surface area contributed by atoms with Gasteiger partial charge in [0.05, 0.1) is 16.4 Å². The monoisotopic (exact) mass is 423 g/mol. The lowest BCUT2D eigenvalue weighted by atomic mass is 9.79. The van der Waals surface area contributed by atoms with E-state index in [1.54, 1.807) is 60.7 Å². The van der Waals surface area contributed by atoms with Crippen LogP contribution in [0.4, 0.5) is 5.69 Å². The lowest BCUT2D eigenvalue weighted by Crippen LogP contribution is -2.25. The Morgan fingerprint density at radius 3 is 2.28 bits per heavy atom. The average molecular weight is 423 g/mol. The lowest BCUT2D eigenvalue weighted by molar-refractivity contribution is -0.384. The number of hydrogen-bond donors (Lipinski definition) is 1. The summed E-state index contributed by atoms with van der Waals surface area (Å²) < 4.78 is 5.82. The van der Waals surface area contributed by atoms with E-state index in [9.17, 15) is 20.2 Å². The molecule has 32 heavy (non-hydrogen) atoms. The van der Waals surface area contributed by atoms with Gasteiger partial charge in [-0.2, -0.15) is 5.26 Å². The fourth-order valence-electron chi connectivity index (χ4n) is 3.69. The van der Waals surface area contributed by atoms with E-state index in [1.807, 2.05) is 12.1 Å². The molecule has 1 aliphatic rings. The molecule has 0 fully saturated rings. The minimum absolute atomic E-state index is 0.0180. The van der Waals surface area contributed by atoms with E-state index in [4.69, 9.17) is 10.5 Å². The average Bonchev–Trinajstić information content (AvgIpc) is 2.84. The Morgan fingerprint density at radius 1 is 1.00 bits per heavy atom. The van der Waals surface area contributed by atoms with Crippen LogP contribution in [-0.4, -0.2) is 10.7 Å². The summed E-state index contributed by atoms with van der Waals surface area (Å²) in [6.45, 7) is 0. The summed E-state index contributed by atoms with van der Waals surface area (Å²) >= 11 is 0. The number of allylic oxidation sites excluding steroid dienone is 2. The van der Waals surface area contributed by atoms with E-state index in [0.717, 1.165) is 0 Å². The van der Waals surface area contributed by atoms with Gasteiger partial charge in [-0.1, -0.05) is 72.8 Å². The fraction of sp³-hybridized carbons (Fsp3) is 0.0400. The molecule has 0 saturated heterocycles. The Morgan fingerprint density at radius 2 is 1.66 bits per heavy atom. The molecule has 4 rings (SSSR count). The molecule has 2 N–H and O–H groups in total. The molecule has 0 aromatic heterocycles. The predicted octanol–water partition coefficient (Wildman–Crippen LogP) is 4.70. The maximum atomic E-state index is 13.7. The SMILES string of the molecule is N#CC1=C(N)OC(c2ccccc2)=C(C(=O)c2ccccc2)C1c1cccc([N+](=O)[O-])c1. The quantitative estimate of drug-likeness (QED) is 0.361. The van der Waals surface area contributed by atoms with Crippen LogP contribution in [0.3, 0.4) is 0 Å². The van der Waals surface area contributed by atoms with Crippen molar-refractivity contribution in [3.8, 4) is 6.07 Å². The maximum absolute atomic E-state index is 13.7. The summed E-state index contributed by atoms with van der Waals surface area (Å²) in [5, 5.41) is 21.2. The smallest absolute Gasteiger partial charge is 0.269 e. The number of benzene rings is 3. The molecule has 0 spiro atoms. The second-order valence-corrected chi connectivity index (χ2v) is 7.08. The van der Waals surface area contributed by atoms with E-state index < -0.39 is 10.8 Å². The third kappa shape index (κ3) is 3.73. The van der Waals surface area contributed by atoms with Gasteiger partial charge in [-0.15, -0.1) is 0 Å². The Hall–Kier alpha value is -4.70. The lowest BCUT2D eigenvalue weighted by Gasteiger charge is -2.28. The molecule has 1 aliphatic heterocycles. The van der Waals surface area contributed by atoms with Crippen molar-refractivity contribution in [2.45, 2.75) is 5.92 Å². The van der Waals surface area contributed by atoms with Crippen molar-refractivity contribution in [1.29, 1.82) is 5.26 Å². The number of ketones is 1. The van der Waals surface area contributed by atoms with Crippen molar-refractivity contribution in [2.75, 3.05) is 0 Å². The number of non-ortho nitro benzene ring substituents is 1. The van der Waals surface area contributed by atoms with Gasteiger partial charge in [0, 0.05) is 23.3 Å². The van der Waals surface area contributed by atoms with Crippen molar-refractivity contribution in [3.63, 3.8) is 0 Å². The molecule has 0 saturated carbocycles. The molecule has 1 unspecified atom stereocenters. The van der Waals surface area contributed by atoms with E-state index in [2.05, 4.69) is 0 Å². The predicted molar refractivity (Wildman–Crippen MR) is 118 cm³/mol. The first-order chi connectivity index (χ1) is 15.5. The molecule has 1 atom stereocenters. The van der Waals surface area contributed by atoms with Gasteiger partial charge >= 0.3 is 0 Å². The highest BCUT2D eigenvalue weighted by atomic mass is 16.6. The van der Waals surface area contributed by atoms with Crippen LogP contribution in [0, 0.1) is 21.4 Å². The van der Waals surface area contributed by atoms with Crippen molar-refractivity contribution in [2.24, 2.45) is 5.73 Å². The maximum Gasteiger partial charge on any atom is 0.269 e. The van der Waals surface area contributed by atoms with Crippen LogP contribution in [0.15, 0.2) is 102 Å². The van der Waals surface area contributed by atoms with Crippen molar-refractivity contribution < 1.29 is 14.5 Å². The summed E-state index contributed by atoms with van der Waals surface area (Å²) in [5.41, 5.74) is 7.54. The van der Waals surface area contributed by atoms with Gasteiger partial charge in [-0.05, 0) is 5.56 Å². The van der Waals surface area contributed by atoms with Gasteiger partial charge in [0.25, 0.3) is 5.69 Å². The standard InChI is InChI=1S/C25H17N3O4/c26-15-20-21(18-12-7-13-19(14-18)28(30)31)22(23(29)16-8-3-1-4-9-16)24(32-25(20)27)17-10-5-2-6-11-17/h1-14,21H,27H2. The van der Waals surface area contributed by atoms with Crippen LogP contribution in [0.1, 0.15) is 27.4 Å². The molecule has 1 heterocycles. The highest BCUT2D eigenvalue weighted by Gasteiger charge is 2.38. The summed E-state index contributed by atoms with van der Waals surface area (Å²) in [7, 11) is 0. The molecule has 156 valence electrons. The zero-order chi connectivity index (χ0) is 22.7. The van der Waals surface area contributed by atoms with Gasteiger partial charge < -0.3 is 10.5 Å². The van der Waals surface area contributed by atoms with E-state index in [0.29, 0.717) is 16.7 Å². The summed E-state index contributed by atoms with van der Waals surface area (Å²) in [5.74, 6) is -1.22. The fourth-order valence-corrected chi connectivity index (χ4v) is 3.69. The molecule has 3 aromatic rings. The summed E-state index contributed by atoms with van der Waals surface area (Å²) in [6, 6.07) is 25.4. The van der Waals surface area contributed by atoms with Crippen LogP contribution in [-0.2, 0) is 4.74 Å². The van der Waals surface area contributed by atoms with Gasteiger partial charge in [-0.3, -0.25) is 14.9 Å². The van der Waals surface area contributed by atoms with Gasteiger partial charge in [0.2, 0.25) is 5.88 Å². The highest BCUT2D eigenvalue weighted by molar-refractivity contribution is 6.14. The zero-order valence-electron chi connectivity index (χ0n) is 16.8. The normalized spacial score (nSPS) is 15.7.